The highest BCUT2D eigenvalue weighted by Crippen LogP contribution is 2.37. The van der Waals surface area contributed by atoms with Crippen LogP contribution in [0, 0.1) is 24.5 Å². The summed E-state index contributed by atoms with van der Waals surface area (Å²) in [6, 6.07) is 10.1. The largest absolute Gasteiger partial charge is 0.491 e. The number of halogens is 2. The molecule has 3 rings (SSSR count). The number of aryl methyl sites for hydroxylation is 1. The summed E-state index contributed by atoms with van der Waals surface area (Å²) in [7, 11) is 0. The summed E-state index contributed by atoms with van der Waals surface area (Å²) in [4.78, 5) is 0. The van der Waals surface area contributed by atoms with Crippen molar-refractivity contribution in [3.63, 3.8) is 0 Å². The Balaban J connectivity index is 1.69. The molecule has 156 valence electrons. The van der Waals surface area contributed by atoms with E-state index in [1.807, 2.05) is 6.08 Å². The Labute approximate surface area is 173 Å². The predicted molar refractivity (Wildman–Crippen MR) is 117 cm³/mol. The van der Waals surface area contributed by atoms with Crippen LogP contribution in [0.3, 0.4) is 0 Å². The standard InChI is InChI=1S/C26H32F2O/c1-4-6-19-7-12-21(13-8-19)22-14-9-20(10-15-22)11-16-23-18(3)17-24(29-5-2)26(28)25(23)27/h9-11,14-17,19,21H,4-8,12-13H2,1-3H3. The minimum atomic E-state index is -0.925. The fourth-order valence-electron chi connectivity index (χ4n) is 4.45. The number of hydrogen-bond acceptors (Lipinski definition) is 1. The second-order valence-electron chi connectivity index (χ2n) is 8.17. The van der Waals surface area contributed by atoms with Crippen LogP contribution in [0.1, 0.15) is 80.5 Å². The highest BCUT2D eigenvalue weighted by atomic mass is 19.2. The zero-order valence-electron chi connectivity index (χ0n) is 17.8. The van der Waals surface area contributed by atoms with E-state index >= 15 is 0 Å². The quantitative estimate of drug-likeness (QED) is 0.430. The van der Waals surface area contributed by atoms with Crippen LogP contribution in [-0.4, -0.2) is 6.61 Å². The average Bonchev–Trinajstić information content (AvgIpc) is 2.73. The lowest BCUT2D eigenvalue weighted by Gasteiger charge is -2.28. The lowest BCUT2D eigenvalue weighted by molar-refractivity contribution is 0.308. The number of ether oxygens (including phenoxy) is 1. The van der Waals surface area contributed by atoms with Gasteiger partial charge in [0.1, 0.15) is 0 Å². The van der Waals surface area contributed by atoms with Gasteiger partial charge in [0.15, 0.2) is 11.6 Å². The van der Waals surface area contributed by atoms with E-state index in [4.69, 9.17) is 4.74 Å². The van der Waals surface area contributed by atoms with E-state index in [1.54, 1.807) is 26.0 Å². The summed E-state index contributed by atoms with van der Waals surface area (Å²) in [6.45, 7) is 6.09. The van der Waals surface area contributed by atoms with E-state index in [2.05, 4.69) is 31.2 Å². The highest BCUT2D eigenvalue weighted by molar-refractivity contribution is 5.72. The van der Waals surface area contributed by atoms with Crippen molar-refractivity contribution in [1.82, 2.24) is 0 Å². The summed E-state index contributed by atoms with van der Waals surface area (Å²) < 4.78 is 33.8. The molecule has 2 aromatic rings. The van der Waals surface area contributed by atoms with Crippen LogP contribution in [-0.2, 0) is 0 Å². The van der Waals surface area contributed by atoms with Gasteiger partial charge in [0.05, 0.1) is 6.61 Å². The molecule has 1 fully saturated rings. The molecule has 0 unspecified atom stereocenters. The smallest absolute Gasteiger partial charge is 0.201 e. The van der Waals surface area contributed by atoms with Gasteiger partial charge in [-0.25, -0.2) is 4.39 Å². The van der Waals surface area contributed by atoms with E-state index in [-0.39, 0.29) is 11.3 Å². The molecule has 0 aromatic heterocycles. The first-order valence-corrected chi connectivity index (χ1v) is 10.9. The van der Waals surface area contributed by atoms with Crippen molar-refractivity contribution >= 4 is 12.2 Å². The molecule has 2 aromatic carbocycles. The molecule has 1 aliphatic carbocycles. The van der Waals surface area contributed by atoms with Gasteiger partial charge in [-0.2, -0.15) is 4.39 Å². The molecule has 0 aliphatic heterocycles. The fraction of sp³-hybridized carbons (Fsp3) is 0.462. The van der Waals surface area contributed by atoms with Crippen LogP contribution in [0.25, 0.3) is 12.2 Å². The number of hydrogen-bond donors (Lipinski definition) is 0. The maximum atomic E-state index is 14.4. The van der Waals surface area contributed by atoms with E-state index in [1.165, 1.54) is 44.1 Å². The topological polar surface area (TPSA) is 9.23 Å². The molecule has 3 heteroatoms. The van der Waals surface area contributed by atoms with Crippen molar-refractivity contribution in [2.75, 3.05) is 6.61 Å². The Hall–Kier alpha value is -2.16. The summed E-state index contributed by atoms with van der Waals surface area (Å²) in [6.07, 6.45) is 11.4. The van der Waals surface area contributed by atoms with Crippen LogP contribution in [0.2, 0.25) is 0 Å². The normalized spacial score (nSPS) is 19.6. The Morgan fingerprint density at radius 2 is 1.66 bits per heavy atom. The van der Waals surface area contributed by atoms with Crippen molar-refractivity contribution < 1.29 is 13.5 Å². The van der Waals surface area contributed by atoms with E-state index in [0.717, 1.165) is 11.5 Å². The minimum absolute atomic E-state index is 0.0299. The first-order chi connectivity index (χ1) is 14.0. The molecule has 1 nitrogen and oxygen atoms in total. The molecule has 29 heavy (non-hydrogen) atoms. The second kappa shape index (κ2) is 10.0. The van der Waals surface area contributed by atoms with Crippen molar-refractivity contribution in [3.05, 3.63) is 64.2 Å². The van der Waals surface area contributed by atoms with Crippen LogP contribution in [0.15, 0.2) is 30.3 Å². The van der Waals surface area contributed by atoms with E-state index < -0.39 is 11.6 Å². The van der Waals surface area contributed by atoms with Crippen LogP contribution in [0.4, 0.5) is 8.78 Å². The SMILES string of the molecule is CCCC1CCC(c2ccc(C=Cc3c(C)cc(OCC)c(F)c3F)cc2)CC1. The molecular weight excluding hydrogens is 366 g/mol. The number of benzene rings is 2. The third-order valence-corrected chi connectivity index (χ3v) is 6.11. The molecule has 0 amide bonds. The Morgan fingerprint density at radius 1 is 0.966 bits per heavy atom. The van der Waals surface area contributed by atoms with Gasteiger partial charge in [-0.1, -0.05) is 56.2 Å². The Bertz CT molecular complexity index is 831. The second-order valence-corrected chi connectivity index (χ2v) is 8.17. The molecule has 0 heterocycles. The van der Waals surface area contributed by atoms with Crippen molar-refractivity contribution in [2.24, 2.45) is 5.92 Å². The average molecular weight is 399 g/mol. The molecule has 0 radical (unpaired) electrons. The van der Waals surface area contributed by atoms with Gasteiger partial charge < -0.3 is 4.74 Å². The molecule has 0 atom stereocenters. The van der Waals surface area contributed by atoms with Crippen LogP contribution < -0.4 is 4.74 Å². The third kappa shape index (κ3) is 5.26. The van der Waals surface area contributed by atoms with E-state index in [0.29, 0.717) is 18.1 Å². The first kappa shape index (κ1) is 21.5. The maximum absolute atomic E-state index is 14.4. The van der Waals surface area contributed by atoms with Gasteiger partial charge >= 0.3 is 0 Å². The monoisotopic (exact) mass is 398 g/mol. The van der Waals surface area contributed by atoms with Gasteiger partial charge in [-0.05, 0) is 74.1 Å². The highest BCUT2D eigenvalue weighted by Gasteiger charge is 2.21. The molecule has 0 saturated heterocycles. The van der Waals surface area contributed by atoms with Gasteiger partial charge in [-0.3, -0.25) is 0 Å². The fourth-order valence-corrected chi connectivity index (χ4v) is 4.45. The molecule has 0 bridgehead atoms. The lowest BCUT2D eigenvalue weighted by atomic mass is 9.77. The van der Waals surface area contributed by atoms with Gasteiger partial charge in [-0.15, -0.1) is 0 Å². The van der Waals surface area contributed by atoms with Gasteiger partial charge in [0.25, 0.3) is 0 Å². The summed E-state index contributed by atoms with van der Waals surface area (Å²) in [5.41, 5.74) is 3.31. The van der Waals surface area contributed by atoms with Crippen molar-refractivity contribution in [1.29, 1.82) is 0 Å². The maximum Gasteiger partial charge on any atom is 0.201 e. The Kier molecular flexibility index (Phi) is 7.46. The summed E-state index contributed by atoms with van der Waals surface area (Å²) in [5, 5.41) is 0. The van der Waals surface area contributed by atoms with Gasteiger partial charge in [0.2, 0.25) is 5.82 Å². The zero-order valence-corrected chi connectivity index (χ0v) is 17.8. The van der Waals surface area contributed by atoms with E-state index in [9.17, 15) is 8.78 Å². The van der Waals surface area contributed by atoms with Crippen LogP contribution in [0.5, 0.6) is 5.75 Å². The molecule has 1 saturated carbocycles. The molecule has 1 aliphatic rings. The van der Waals surface area contributed by atoms with Crippen LogP contribution >= 0.6 is 0 Å². The third-order valence-electron chi connectivity index (χ3n) is 6.11. The zero-order chi connectivity index (χ0) is 20.8. The Morgan fingerprint density at radius 3 is 2.28 bits per heavy atom. The molecule has 0 N–H and O–H groups in total. The van der Waals surface area contributed by atoms with Gasteiger partial charge in [0, 0.05) is 5.56 Å². The predicted octanol–water partition coefficient (Wildman–Crippen LogP) is 7.92. The lowest BCUT2D eigenvalue weighted by Crippen LogP contribution is -2.13. The molecular formula is C26H32F2O. The number of rotatable bonds is 7. The first-order valence-electron chi connectivity index (χ1n) is 10.9. The molecule has 0 spiro atoms. The minimum Gasteiger partial charge on any atom is -0.491 e. The summed E-state index contributed by atoms with van der Waals surface area (Å²) >= 11 is 0. The van der Waals surface area contributed by atoms with Crippen molar-refractivity contribution in [3.8, 4) is 5.75 Å². The summed E-state index contributed by atoms with van der Waals surface area (Å²) in [5.74, 6) is -0.249. The van der Waals surface area contributed by atoms with Crippen molar-refractivity contribution in [2.45, 2.75) is 65.2 Å².